The molecule has 4 aliphatic carbocycles. The minimum absolute atomic E-state index is 0.177. The lowest BCUT2D eigenvalue weighted by Crippen LogP contribution is -2.58. The molecule has 0 bridgehead atoms. The van der Waals surface area contributed by atoms with Crippen LogP contribution in [0.3, 0.4) is 0 Å². The van der Waals surface area contributed by atoms with Gasteiger partial charge in [0.25, 0.3) is 0 Å². The molecule has 4 rings (SSSR count). The summed E-state index contributed by atoms with van der Waals surface area (Å²) in [5.74, 6) is 1.66. The van der Waals surface area contributed by atoms with Crippen molar-refractivity contribution in [2.24, 2.45) is 46.3 Å². The molecule has 0 spiro atoms. The fourth-order valence-corrected chi connectivity index (χ4v) is 9.00. The maximum Gasteiger partial charge on any atom is 0.322 e. The minimum atomic E-state index is -1.01. The summed E-state index contributed by atoms with van der Waals surface area (Å²) in [6.45, 7) is 6.83. The van der Waals surface area contributed by atoms with Crippen LogP contribution < -0.4 is 5.32 Å². The first kappa shape index (κ1) is 24.0. The molecule has 182 valence electrons. The topological polar surface area (TPSA) is 107 Å². The van der Waals surface area contributed by atoms with E-state index in [0.717, 1.165) is 44.9 Å². The van der Waals surface area contributed by atoms with E-state index in [-0.39, 0.29) is 35.5 Å². The molecule has 6 nitrogen and oxygen atoms in total. The molecule has 4 N–H and O–H groups in total. The summed E-state index contributed by atoms with van der Waals surface area (Å²) in [5, 5.41) is 32.8. The van der Waals surface area contributed by atoms with E-state index in [0.29, 0.717) is 41.9 Å². The van der Waals surface area contributed by atoms with E-state index in [4.69, 9.17) is 5.11 Å². The molecule has 0 aromatic carbocycles. The molecular weight excluding hydrogens is 406 g/mol. The predicted molar refractivity (Wildman–Crippen MR) is 122 cm³/mol. The van der Waals surface area contributed by atoms with Crippen molar-refractivity contribution in [3.63, 3.8) is 0 Å². The number of amides is 1. The summed E-state index contributed by atoms with van der Waals surface area (Å²) in [4.78, 5) is 22.7. The van der Waals surface area contributed by atoms with Gasteiger partial charge in [-0.1, -0.05) is 20.8 Å². The van der Waals surface area contributed by atoms with Gasteiger partial charge in [0.2, 0.25) is 5.91 Å². The first-order valence-electron chi connectivity index (χ1n) is 12.9. The zero-order valence-corrected chi connectivity index (χ0v) is 20.1. The van der Waals surface area contributed by atoms with Crippen LogP contribution in [0.4, 0.5) is 0 Å². The van der Waals surface area contributed by atoms with Gasteiger partial charge >= 0.3 is 5.97 Å². The molecule has 6 heteroatoms. The van der Waals surface area contributed by atoms with Crippen LogP contribution in [-0.2, 0) is 9.59 Å². The van der Waals surface area contributed by atoms with Crippen LogP contribution in [0.25, 0.3) is 0 Å². The Morgan fingerprint density at radius 1 is 1.00 bits per heavy atom. The Bertz CT molecular complexity index is 727. The second kappa shape index (κ2) is 8.90. The van der Waals surface area contributed by atoms with E-state index in [1.807, 2.05) is 0 Å². The van der Waals surface area contributed by atoms with Gasteiger partial charge in [-0.25, -0.2) is 0 Å². The van der Waals surface area contributed by atoms with Crippen molar-refractivity contribution in [3.8, 4) is 0 Å². The molecule has 0 aliphatic heterocycles. The first-order valence-corrected chi connectivity index (χ1v) is 12.9. The number of carboxylic acid groups (broad SMARTS) is 1. The van der Waals surface area contributed by atoms with Crippen molar-refractivity contribution in [2.75, 3.05) is 6.54 Å². The van der Waals surface area contributed by atoms with Crippen LogP contribution in [0.1, 0.15) is 85.0 Å². The zero-order chi connectivity index (χ0) is 23.3. The van der Waals surface area contributed by atoms with Crippen LogP contribution in [-0.4, -0.2) is 45.9 Å². The molecule has 0 saturated heterocycles. The van der Waals surface area contributed by atoms with E-state index >= 15 is 0 Å². The molecule has 1 amide bonds. The van der Waals surface area contributed by atoms with Crippen molar-refractivity contribution in [2.45, 2.75) is 97.2 Å². The number of fused-ring (bicyclic) bond motifs is 5. The summed E-state index contributed by atoms with van der Waals surface area (Å²) >= 11 is 0. The smallest absolute Gasteiger partial charge is 0.322 e. The van der Waals surface area contributed by atoms with Gasteiger partial charge in [-0.2, -0.15) is 0 Å². The summed E-state index contributed by atoms with van der Waals surface area (Å²) in [6.07, 6.45) is 9.06. The van der Waals surface area contributed by atoms with Gasteiger partial charge in [-0.15, -0.1) is 0 Å². The predicted octanol–water partition coefficient (Wildman–Crippen LogP) is 3.59. The quantitative estimate of drug-likeness (QED) is 0.496. The Hall–Kier alpha value is -1.14. The van der Waals surface area contributed by atoms with E-state index in [1.54, 1.807) is 0 Å². The number of carbonyl (C=O) groups is 2. The second-order valence-corrected chi connectivity index (χ2v) is 12.1. The Morgan fingerprint density at radius 3 is 2.41 bits per heavy atom. The molecular formula is C26H43NO5. The van der Waals surface area contributed by atoms with Gasteiger partial charge in [0.1, 0.15) is 6.54 Å². The normalized spacial score (nSPS) is 46.5. The SMILES string of the molecule is CC(CCC(=O)NCC(=O)O)C1CCC2C3C(CC[C@]12C)[C@@]1(C)CC[C@@H](O)C[C@H]1C[C@@H]3O. The third kappa shape index (κ3) is 4.11. The number of carbonyl (C=O) groups excluding carboxylic acids is 1. The number of hydrogen-bond acceptors (Lipinski definition) is 4. The Morgan fingerprint density at radius 2 is 1.69 bits per heavy atom. The van der Waals surface area contributed by atoms with Gasteiger partial charge in [0.05, 0.1) is 12.2 Å². The summed E-state index contributed by atoms with van der Waals surface area (Å²) in [6, 6.07) is 0. The lowest BCUT2D eigenvalue weighted by molar-refractivity contribution is -0.174. The number of aliphatic hydroxyl groups is 2. The zero-order valence-electron chi connectivity index (χ0n) is 20.1. The molecule has 10 atom stereocenters. The lowest BCUT2D eigenvalue weighted by Gasteiger charge is -2.62. The summed E-state index contributed by atoms with van der Waals surface area (Å²) in [7, 11) is 0. The molecule has 4 fully saturated rings. The number of nitrogens with one attached hydrogen (secondary N) is 1. The third-order valence-electron chi connectivity index (χ3n) is 10.7. The largest absolute Gasteiger partial charge is 0.480 e. The van der Waals surface area contributed by atoms with E-state index in [9.17, 15) is 19.8 Å². The second-order valence-electron chi connectivity index (χ2n) is 12.1. The average molecular weight is 450 g/mol. The van der Waals surface area contributed by atoms with E-state index in [2.05, 4.69) is 26.1 Å². The van der Waals surface area contributed by atoms with Crippen LogP contribution >= 0.6 is 0 Å². The van der Waals surface area contributed by atoms with Gasteiger partial charge < -0.3 is 20.6 Å². The van der Waals surface area contributed by atoms with Crippen molar-refractivity contribution >= 4 is 11.9 Å². The number of aliphatic hydroxyl groups excluding tert-OH is 2. The van der Waals surface area contributed by atoms with Crippen LogP contribution in [0.2, 0.25) is 0 Å². The van der Waals surface area contributed by atoms with E-state index in [1.165, 1.54) is 12.8 Å². The number of rotatable bonds is 6. The monoisotopic (exact) mass is 449 g/mol. The fourth-order valence-electron chi connectivity index (χ4n) is 9.00. The standard InChI is InChI=1S/C26H43NO5/c1-15(4-7-22(30)27-14-23(31)32)18-5-6-19-24-20(9-11-26(18,19)3)25(2)10-8-17(28)12-16(25)13-21(24)29/h15-21,24,28-29H,4-14H2,1-3H3,(H,27,30)(H,31,32)/t15?,16-,17+,18?,19?,20?,21-,24?,25-,26+/m0/s1. The number of hydrogen-bond donors (Lipinski definition) is 4. The minimum Gasteiger partial charge on any atom is -0.480 e. The van der Waals surface area contributed by atoms with Crippen molar-refractivity contribution in [3.05, 3.63) is 0 Å². The molecule has 4 saturated carbocycles. The lowest BCUT2D eigenvalue weighted by atomic mass is 9.43. The highest BCUT2D eigenvalue weighted by molar-refractivity contribution is 5.81. The highest BCUT2D eigenvalue weighted by Gasteiger charge is 2.62. The summed E-state index contributed by atoms with van der Waals surface area (Å²) in [5.41, 5.74) is 0.451. The molecule has 32 heavy (non-hydrogen) atoms. The Labute approximate surface area is 192 Å². The highest BCUT2D eigenvalue weighted by Crippen LogP contribution is 2.68. The van der Waals surface area contributed by atoms with Crippen LogP contribution in [0.5, 0.6) is 0 Å². The van der Waals surface area contributed by atoms with Crippen LogP contribution in [0.15, 0.2) is 0 Å². The maximum atomic E-state index is 12.0. The van der Waals surface area contributed by atoms with Crippen LogP contribution in [0, 0.1) is 46.3 Å². The maximum absolute atomic E-state index is 12.0. The molecule has 0 aromatic rings. The van der Waals surface area contributed by atoms with Gasteiger partial charge in [0, 0.05) is 6.42 Å². The Kier molecular flexibility index (Phi) is 6.68. The molecule has 4 aliphatic rings. The van der Waals surface area contributed by atoms with Gasteiger partial charge in [-0.3, -0.25) is 9.59 Å². The van der Waals surface area contributed by atoms with Crippen molar-refractivity contribution in [1.29, 1.82) is 0 Å². The molecule has 0 radical (unpaired) electrons. The Balaban J connectivity index is 1.44. The molecule has 5 unspecified atom stereocenters. The van der Waals surface area contributed by atoms with Gasteiger partial charge in [-0.05, 0) is 104 Å². The van der Waals surface area contributed by atoms with Crippen molar-refractivity contribution in [1.82, 2.24) is 5.32 Å². The van der Waals surface area contributed by atoms with E-state index < -0.39 is 5.97 Å². The first-order chi connectivity index (χ1) is 15.1. The van der Waals surface area contributed by atoms with Crippen molar-refractivity contribution < 1.29 is 24.9 Å². The number of aliphatic carboxylic acids is 1. The number of carboxylic acids is 1. The average Bonchev–Trinajstić information content (AvgIpc) is 3.09. The fraction of sp³-hybridized carbons (Fsp3) is 0.923. The summed E-state index contributed by atoms with van der Waals surface area (Å²) < 4.78 is 0. The molecule has 0 heterocycles. The molecule has 0 aromatic heterocycles. The third-order valence-corrected chi connectivity index (χ3v) is 10.7. The highest BCUT2D eigenvalue weighted by atomic mass is 16.4. The van der Waals surface area contributed by atoms with Gasteiger partial charge in [0.15, 0.2) is 0 Å².